The summed E-state index contributed by atoms with van der Waals surface area (Å²) in [6, 6.07) is 22.6. The van der Waals surface area contributed by atoms with Crippen molar-refractivity contribution in [3.8, 4) is 0 Å². The maximum absolute atomic E-state index is 9.00. The van der Waals surface area contributed by atoms with Crippen molar-refractivity contribution in [3.63, 3.8) is 0 Å². The van der Waals surface area contributed by atoms with Crippen LogP contribution in [0.3, 0.4) is 0 Å². The molecule has 0 aliphatic heterocycles. The van der Waals surface area contributed by atoms with Gasteiger partial charge in [0.25, 0.3) is 5.97 Å². The van der Waals surface area contributed by atoms with Crippen molar-refractivity contribution < 1.29 is 9.90 Å². The maximum Gasteiger partial charge on any atom is 0.300 e. The Balaban J connectivity index is 0.000000396. The number of carboxylic acids is 1. The van der Waals surface area contributed by atoms with Crippen LogP contribution in [0.5, 0.6) is 0 Å². The van der Waals surface area contributed by atoms with Crippen LogP contribution in [0.1, 0.15) is 18.2 Å². The standard InChI is InChI=1S/C17H13N.C2H4O2/c1-2-6-14(7-3-1)10-12-16-13-11-15-8-4-5-9-17(15)18-16;1-2(3)4/h1-13H;1H3,(H,3,4). The van der Waals surface area contributed by atoms with Crippen molar-refractivity contribution >= 4 is 29.0 Å². The molecule has 1 aromatic heterocycles. The number of aliphatic carboxylic acids is 1. The average molecular weight is 291 g/mol. The first-order valence-electron chi connectivity index (χ1n) is 6.93. The molecule has 0 bridgehead atoms. The first kappa shape index (κ1) is 15.4. The largest absolute Gasteiger partial charge is 0.481 e. The lowest BCUT2D eigenvalue weighted by atomic mass is 10.1. The van der Waals surface area contributed by atoms with Crippen LogP contribution in [0.25, 0.3) is 23.1 Å². The van der Waals surface area contributed by atoms with Gasteiger partial charge in [0, 0.05) is 12.3 Å². The topological polar surface area (TPSA) is 50.2 Å². The SMILES string of the molecule is C(=Cc1ccc2ccccc2n1)c1ccccc1.CC(=O)O. The van der Waals surface area contributed by atoms with Crippen LogP contribution in [0, 0.1) is 0 Å². The van der Waals surface area contributed by atoms with E-state index in [0.29, 0.717) is 0 Å². The Hall–Kier alpha value is -2.94. The van der Waals surface area contributed by atoms with Crippen molar-refractivity contribution in [1.82, 2.24) is 4.98 Å². The summed E-state index contributed by atoms with van der Waals surface area (Å²) in [7, 11) is 0. The first-order chi connectivity index (χ1) is 10.6. The summed E-state index contributed by atoms with van der Waals surface area (Å²) in [6.45, 7) is 1.08. The highest BCUT2D eigenvalue weighted by Crippen LogP contribution is 2.13. The lowest BCUT2D eigenvalue weighted by molar-refractivity contribution is -0.134. The molecular formula is C19H17NO2. The van der Waals surface area contributed by atoms with Gasteiger partial charge < -0.3 is 5.11 Å². The summed E-state index contributed by atoms with van der Waals surface area (Å²) in [6.07, 6.45) is 4.12. The Morgan fingerprint density at radius 2 is 1.55 bits per heavy atom. The predicted octanol–water partition coefficient (Wildman–Crippen LogP) is 4.50. The molecule has 1 N–H and O–H groups in total. The molecule has 3 rings (SSSR count). The van der Waals surface area contributed by atoms with Crippen LogP contribution < -0.4 is 0 Å². The number of nitrogens with zero attached hydrogens (tertiary/aromatic N) is 1. The minimum atomic E-state index is -0.833. The fraction of sp³-hybridized carbons (Fsp3) is 0.0526. The molecule has 0 saturated heterocycles. The Kier molecular flexibility index (Phi) is 5.44. The van der Waals surface area contributed by atoms with Crippen LogP contribution in [0.2, 0.25) is 0 Å². The zero-order valence-electron chi connectivity index (χ0n) is 12.3. The summed E-state index contributed by atoms with van der Waals surface area (Å²) in [5, 5.41) is 8.59. The van der Waals surface area contributed by atoms with E-state index in [-0.39, 0.29) is 0 Å². The number of carbonyl (C=O) groups is 1. The normalized spacial score (nSPS) is 10.2. The van der Waals surface area contributed by atoms with Crippen molar-refractivity contribution in [2.45, 2.75) is 6.92 Å². The third kappa shape index (κ3) is 4.87. The van der Waals surface area contributed by atoms with E-state index in [1.165, 1.54) is 10.9 Å². The van der Waals surface area contributed by atoms with E-state index in [0.717, 1.165) is 18.1 Å². The smallest absolute Gasteiger partial charge is 0.300 e. The molecule has 0 amide bonds. The molecule has 3 nitrogen and oxygen atoms in total. The lowest BCUT2D eigenvalue weighted by Crippen LogP contribution is -1.82. The number of para-hydroxylation sites is 1. The fourth-order valence-corrected chi connectivity index (χ4v) is 1.92. The second-order valence-electron chi connectivity index (χ2n) is 4.69. The van der Waals surface area contributed by atoms with E-state index in [1.807, 2.05) is 48.5 Å². The molecule has 0 radical (unpaired) electrons. The molecule has 110 valence electrons. The van der Waals surface area contributed by atoms with Crippen molar-refractivity contribution in [2.24, 2.45) is 0 Å². The summed E-state index contributed by atoms with van der Waals surface area (Å²) in [5.74, 6) is -0.833. The van der Waals surface area contributed by atoms with Gasteiger partial charge in [-0.05, 0) is 23.8 Å². The number of hydrogen-bond acceptors (Lipinski definition) is 2. The number of hydrogen-bond donors (Lipinski definition) is 1. The molecular weight excluding hydrogens is 274 g/mol. The van der Waals surface area contributed by atoms with E-state index in [4.69, 9.17) is 9.90 Å². The van der Waals surface area contributed by atoms with Crippen LogP contribution >= 0.6 is 0 Å². The molecule has 2 aromatic carbocycles. The molecule has 3 heteroatoms. The van der Waals surface area contributed by atoms with Crippen LogP contribution in [0.4, 0.5) is 0 Å². The molecule has 0 atom stereocenters. The van der Waals surface area contributed by atoms with Gasteiger partial charge in [0.2, 0.25) is 0 Å². The third-order valence-electron chi connectivity index (χ3n) is 2.87. The maximum atomic E-state index is 9.00. The van der Waals surface area contributed by atoms with Gasteiger partial charge in [-0.1, -0.05) is 60.7 Å². The minimum absolute atomic E-state index is 0.833. The summed E-state index contributed by atoms with van der Waals surface area (Å²) >= 11 is 0. The van der Waals surface area contributed by atoms with E-state index >= 15 is 0 Å². The predicted molar refractivity (Wildman–Crippen MR) is 90.4 cm³/mol. The van der Waals surface area contributed by atoms with Gasteiger partial charge in [-0.15, -0.1) is 0 Å². The number of aromatic nitrogens is 1. The third-order valence-corrected chi connectivity index (χ3v) is 2.87. The van der Waals surface area contributed by atoms with E-state index < -0.39 is 5.97 Å². The zero-order chi connectivity index (χ0) is 15.8. The van der Waals surface area contributed by atoms with E-state index in [9.17, 15) is 0 Å². The molecule has 0 aliphatic carbocycles. The van der Waals surface area contributed by atoms with E-state index in [1.54, 1.807) is 0 Å². The lowest BCUT2D eigenvalue weighted by Gasteiger charge is -1.98. The molecule has 0 saturated carbocycles. The first-order valence-corrected chi connectivity index (χ1v) is 6.93. The van der Waals surface area contributed by atoms with Gasteiger partial charge in [-0.3, -0.25) is 4.79 Å². The van der Waals surface area contributed by atoms with Crippen LogP contribution in [0.15, 0.2) is 66.7 Å². The zero-order valence-corrected chi connectivity index (χ0v) is 12.3. The second-order valence-corrected chi connectivity index (χ2v) is 4.69. The number of fused-ring (bicyclic) bond motifs is 1. The fourth-order valence-electron chi connectivity index (χ4n) is 1.92. The molecule has 22 heavy (non-hydrogen) atoms. The van der Waals surface area contributed by atoms with Crippen LogP contribution in [-0.4, -0.2) is 16.1 Å². The van der Waals surface area contributed by atoms with Gasteiger partial charge >= 0.3 is 0 Å². The van der Waals surface area contributed by atoms with Crippen molar-refractivity contribution in [2.75, 3.05) is 0 Å². The summed E-state index contributed by atoms with van der Waals surface area (Å²) in [4.78, 5) is 13.6. The molecule has 0 unspecified atom stereocenters. The Morgan fingerprint density at radius 1 is 0.909 bits per heavy atom. The summed E-state index contributed by atoms with van der Waals surface area (Å²) < 4.78 is 0. The van der Waals surface area contributed by atoms with E-state index in [2.05, 4.69) is 35.3 Å². The summed E-state index contributed by atoms with van der Waals surface area (Å²) in [5.41, 5.74) is 3.21. The minimum Gasteiger partial charge on any atom is -0.481 e. The second kappa shape index (κ2) is 7.74. The Bertz CT molecular complexity index is 776. The molecule has 0 fully saturated rings. The quantitative estimate of drug-likeness (QED) is 0.756. The monoisotopic (exact) mass is 291 g/mol. The van der Waals surface area contributed by atoms with Gasteiger partial charge in [-0.2, -0.15) is 0 Å². The highest BCUT2D eigenvalue weighted by atomic mass is 16.4. The van der Waals surface area contributed by atoms with Gasteiger partial charge in [0.15, 0.2) is 0 Å². The number of benzene rings is 2. The number of rotatable bonds is 2. The van der Waals surface area contributed by atoms with Gasteiger partial charge in [0.05, 0.1) is 11.2 Å². The molecule has 0 aliphatic rings. The average Bonchev–Trinajstić information content (AvgIpc) is 2.53. The Labute approximate surface area is 129 Å². The molecule has 1 heterocycles. The highest BCUT2D eigenvalue weighted by molar-refractivity contribution is 5.80. The number of pyridine rings is 1. The number of carboxylic acid groups (broad SMARTS) is 1. The molecule has 3 aromatic rings. The molecule has 0 spiro atoms. The van der Waals surface area contributed by atoms with Crippen molar-refractivity contribution in [3.05, 3.63) is 78.0 Å². The highest BCUT2D eigenvalue weighted by Gasteiger charge is 1.94. The van der Waals surface area contributed by atoms with Gasteiger partial charge in [0.1, 0.15) is 0 Å². The van der Waals surface area contributed by atoms with Gasteiger partial charge in [-0.25, -0.2) is 4.98 Å². The Morgan fingerprint density at radius 3 is 2.27 bits per heavy atom. The van der Waals surface area contributed by atoms with Crippen LogP contribution in [-0.2, 0) is 4.79 Å². The van der Waals surface area contributed by atoms with Crippen molar-refractivity contribution in [1.29, 1.82) is 0 Å².